The lowest BCUT2D eigenvalue weighted by molar-refractivity contribution is -0.139. The van der Waals surface area contributed by atoms with Crippen LogP contribution in [0.25, 0.3) is 0 Å². The predicted molar refractivity (Wildman–Crippen MR) is 99.3 cm³/mol. The molecule has 4 heteroatoms. The molecule has 0 aliphatic heterocycles. The molecule has 1 amide bonds. The molecule has 0 unspecified atom stereocenters. The van der Waals surface area contributed by atoms with Gasteiger partial charge in [-0.15, -0.1) is 0 Å². The van der Waals surface area contributed by atoms with Gasteiger partial charge in [-0.3, -0.25) is 4.79 Å². The van der Waals surface area contributed by atoms with Crippen LogP contribution in [0.1, 0.15) is 36.1 Å². The number of amides is 1. The molecular formula is C21H28N2O2. The summed E-state index contributed by atoms with van der Waals surface area (Å²) >= 11 is 0. The van der Waals surface area contributed by atoms with E-state index in [1.54, 1.807) is 7.11 Å². The van der Waals surface area contributed by atoms with Crippen molar-refractivity contribution in [2.24, 2.45) is 5.92 Å². The lowest BCUT2D eigenvalue weighted by Gasteiger charge is -2.32. The first-order valence-electron chi connectivity index (χ1n) is 9.14. The van der Waals surface area contributed by atoms with E-state index in [2.05, 4.69) is 54.1 Å². The van der Waals surface area contributed by atoms with Crippen LogP contribution in [-0.4, -0.2) is 35.6 Å². The molecule has 1 aliphatic rings. The number of carbonyl (C=O) groups excluding carboxylic acids is 1. The van der Waals surface area contributed by atoms with E-state index in [1.807, 2.05) is 4.90 Å². The van der Waals surface area contributed by atoms with Gasteiger partial charge < -0.3 is 14.2 Å². The van der Waals surface area contributed by atoms with Crippen LogP contribution in [-0.2, 0) is 22.6 Å². The topological polar surface area (TPSA) is 34.5 Å². The van der Waals surface area contributed by atoms with Gasteiger partial charge in [0, 0.05) is 38.0 Å². The fourth-order valence-electron chi connectivity index (χ4n) is 3.33. The second kappa shape index (κ2) is 8.34. The van der Waals surface area contributed by atoms with E-state index in [-0.39, 0.29) is 11.8 Å². The van der Waals surface area contributed by atoms with Crippen molar-refractivity contribution >= 4 is 5.91 Å². The number of carbonyl (C=O) groups is 1. The monoisotopic (exact) mass is 340 g/mol. The molecule has 1 saturated carbocycles. The number of methoxy groups -OCH3 is 1. The standard InChI is InChI=1S/C21H28N2O2/c1-17-6-3-7-18(14-17)15-22-11-5-10-20(22)16-23(12-13-25-2)21(24)19-8-4-9-19/h3,5-7,10-11,14,19H,4,8-9,12-13,15-16H2,1-2H3. The number of nitrogens with zero attached hydrogens (tertiary/aromatic N) is 2. The Labute approximate surface area is 150 Å². The number of ether oxygens (including phenoxy) is 1. The van der Waals surface area contributed by atoms with Crippen LogP contribution in [0.3, 0.4) is 0 Å². The fraction of sp³-hybridized carbons (Fsp3) is 0.476. The molecule has 1 aromatic carbocycles. The van der Waals surface area contributed by atoms with Crippen molar-refractivity contribution in [2.75, 3.05) is 20.3 Å². The fourth-order valence-corrected chi connectivity index (χ4v) is 3.33. The highest BCUT2D eigenvalue weighted by atomic mass is 16.5. The van der Waals surface area contributed by atoms with Gasteiger partial charge in [0.1, 0.15) is 0 Å². The highest BCUT2D eigenvalue weighted by Crippen LogP contribution is 2.28. The van der Waals surface area contributed by atoms with E-state index >= 15 is 0 Å². The van der Waals surface area contributed by atoms with Crippen LogP contribution in [0.4, 0.5) is 0 Å². The average Bonchev–Trinajstić information content (AvgIpc) is 2.96. The maximum Gasteiger partial charge on any atom is 0.226 e. The molecule has 0 spiro atoms. The number of aromatic nitrogens is 1. The second-order valence-electron chi connectivity index (χ2n) is 7.00. The first-order valence-corrected chi connectivity index (χ1v) is 9.14. The minimum Gasteiger partial charge on any atom is -0.383 e. The normalized spacial score (nSPS) is 14.3. The molecule has 1 heterocycles. The first-order chi connectivity index (χ1) is 12.2. The molecule has 0 radical (unpaired) electrons. The van der Waals surface area contributed by atoms with Gasteiger partial charge in [0.25, 0.3) is 0 Å². The van der Waals surface area contributed by atoms with Gasteiger partial charge in [0.05, 0.1) is 13.2 Å². The Hall–Kier alpha value is -2.07. The van der Waals surface area contributed by atoms with Crippen LogP contribution in [0.5, 0.6) is 0 Å². The Balaban J connectivity index is 1.71. The van der Waals surface area contributed by atoms with Crippen molar-refractivity contribution in [1.82, 2.24) is 9.47 Å². The van der Waals surface area contributed by atoms with E-state index < -0.39 is 0 Å². The summed E-state index contributed by atoms with van der Waals surface area (Å²) in [4.78, 5) is 14.7. The van der Waals surface area contributed by atoms with Crippen molar-refractivity contribution in [3.63, 3.8) is 0 Å². The minimum absolute atomic E-state index is 0.219. The van der Waals surface area contributed by atoms with Crippen LogP contribution < -0.4 is 0 Å². The number of benzene rings is 1. The third kappa shape index (κ3) is 4.51. The Morgan fingerprint density at radius 1 is 1.28 bits per heavy atom. The highest BCUT2D eigenvalue weighted by Gasteiger charge is 2.29. The SMILES string of the molecule is COCCN(Cc1cccn1Cc1cccc(C)c1)C(=O)C1CCC1. The lowest BCUT2D eigenvalue weighted by atomic mass is 9.84. The molecule has 0 atom stereocenters. The van der Waals surface area contributed by atoms with Crippen LogP contribution in [0.2, 0.25) is 0 Å². The summed E-state index contributed by atoms with van der Waals surface area (Å²) in [5.74, 6) is 0.503. The zero-order chi connectivity index (χ0) is 17.6. The van der Waals surface area contributed by atoms with Crippen LogP contribution in [0, 0.1) is 12.8 Å². The predicted octanol–water partition coefficient (Wildman–Crippen LogP) is 3.62. The highest BCUT2D eigenvalue weighted by molar-refractivity contribution is 5.79. The molecule has 134 valence electrons. The minimum atomic E-state index is 0.219. The molecule has 1 fully saturated rings. The van der Waals surface area contributed by atoms with Crippen LogP contribution >= 0.6 is 0 Å². The average molecular weight is 340 g/mol. The van der Waals surface area contributed by atoms with Gasteiger partial charge in [-0.1, -0.05) is 36.2 Å². The molecule has 1 aliphatic carbocycles. The van der Waals surface area contributed by atoms with E-state index in [0.29, 0.717) is 19.7 Å². The number of hydrogen-bond acceptors (Lipinski definition) is 2. The van der Waals surface area contributed by atoms with E-state index in [9.17, 15) is 4.79 Å². The summed E-state index contributed by atoms with van der Waals surface area (Å²) in [5.41, 5.74) is 3.73. The largest absolute Gasteiger partial charge is 0.383 e. The summed E-state index contributed by atoms with van der Waals surface area (Å²) in [6.45, 7) is 4.83. The van der Waals surface area contributed by atoms with E-state index in [1.165, 1.54) is 23.2 Å². The zero-order valence-electron chi connectivity index (χ0n) is 15.3. The Bertz CT molecular complexity index is 703. The molecule has 0 N–H and O–H groups in total. The molecule has 3 rings (SSSR count). The summed E-state index contributed by atoms with van der Waals surface area (Å²) in [6, 6.07) is 12.8. The van der Waals surface area contributed by atoms with Crippen molar-refractivity contribution in [1.29, 1.82) is 0 Å². The molecule has 0 bridgehead atoms. The number of aryl methyl sites for hydroxylation is 1. The van der Waals surface area contributed by atoms with Crippen LogP contribution in [0.15, 0.2) is 42.6 Å². The van der Waals surface area contributed by atoms with Crippen molar-refractivity contribution in [3.05, 3.63) is 59.4 Å². The smallest absolute Gasteiger partial charge is 0.226 e. The van der Waals surface area contributed by atoms with Crippen molar-refractivity contribution < 1.29 is 9.53 Å². The van der Waals surface area contributed by atoms with E-state index in [0.717, 1.165) is 19.4 Å². The third-order valence-corrected chi connectivity index (χ3v) is 5.04. The van der Waals surface area contributed by atoms with Gasteiger partial charge in [0.2, 0.25) is 5.91 Å². The Morgan fingerprint density at radius 2 is 2.12 bits per heavy atom. The summed E-state index contributed by atoms with van der Waals surface area (Å²) < 4.78 is 7.45. The first kappa shape index (κ1) is 17.7. The van der Waals surface area contributed by atoms with Gasteiger partial charge in [-0.25, -0.2) is 0 Å². The third-order valence-electron chi connectivity index (χ3n) is 5.04. The molecule has 25 heavy (non-hydrogen) atoms. The second-order valence-corrected chi connectivity index (χ2v) is 7.00. The van der Waals surface area contributed by atoms with Gasteiger partial charge in [-0.05, 0) is 37.5 Å². The lowest BCUT2D eigenvalue weighted by Crippen LogP contribution is -2.40. The quantitative estimate of drug-likeness (QED) is 0.735. The number of rotatable bonds is 8. The van der Waals surface area contributed by atoms with Gasteiger partial charge in [0.15, 0.2) is 0 Å². The van der Waals surface area contributed by atoms with Crippen molar-refractivity contribution in [2.45, 2.75) is 39.3 Å². The van der Waals surface area contributed by atoms with Crippen molar-refractivity contribution in [3.8, 4) is 0 Å². The zero-order valence-corrected chi connectivity index (χ0v) is 15.3. The maximum absolute atomic E-state index is 12.7. The Morgan fingerprint density at radius 3 is 2.80 bits per heavy atom. The summed E-state index contributed by atoms with van der Waals surface area (Å²) in [7, 11) is 1.69. The van der Waals surface area contributed by atoms with Gasteiger partial charge >= 0.3 is 0 Å². The molecule has 0 saturated heterocycles. The van der Waals surface area contributed by atoms with Gasteiger partial charge in [-0.2, -0.15) is 0 Å². The number of hydrogen-bond donors (Lipinski definition) is 0. The molecular weight excluding hydrogens is 312 g/mol. The summed E-state index contributed by atoms with van der Waals surface area (Å²) in [6.07, 6.45) is 5.34. The molecule has 2 aromatic rings. The summed E-state index contributed by atoms with van der Waals surface area (Å²) in [5, 5.41) is 0. The Kier molecular flexibility index (Phi) is 5.92. The van der Waals surface area contributed by atoms with E-state index in [4.69, 9.17) is 4.74 Å². The molecule has 1 aromatic heterocycles. The maximum atomic E-state index is 12.7. The molecule has 4 nitrogen and oxygen atoms in total.